The molecule has 142 valence electrons. The molecule has 1 aromatic carbocycles. The van der Waals surface area contributed by atoms with Gasteiger partial charge in [0.05, 0.1) is 17.7 Å². The minimum atomic E-state index is -0.297. The molecule has 0 saturated heterocycles. The van der Waals surface area contributed by atoms with Crippen LogP contribution in [0.5, 0.6) is 17.4 Å². The first kappa shape index (κ1) is 19.0. The Kier molecular flexibility index (Phi) is 6.19. The van der Waals surface area contributed by atoms with Crippen LogP contribution in [-0.2, 0) is 4.79 Å². The van der Waals surface area contributed by atoms with Crippen LogP contribution in [0.2, 0.25) is 5.02 Å². The first-order chi connectivity index (χ1) is 13.0. The molecule has 1 saturated carbocycles. The molecule has 0 radical (unpaired) electrons. The van der Waals surface area contributed by atoms with Crippen molar-refractivity contribution in [3.05, 3.63) is 53.8 Å². The lowest BCUT2D eigenvalue weighted by molar-refractivity contribution is -0.119. The second-order valence-electron chi connectivity index (χ2n) is 6.34. The lowest BCUT2D eigenvalue weighted by Gasteiger charge is -2.08. The van der Waals surface area contributed by atoms with Gasteiger partial charge in [-0.15, -0.1) is 6.58 Å². The molecule has 0 aliphatic heterocycles. The zero-order valence-electron chi connectivity index (χ0n) is 15.0. The summed E-state index contributed by atoms with van der Waals surface area (Å²) in [5, 5.41) is 7.00. The summed E-state index contributed by atoms with van der Waals surface area (Å²) in [4.78, 5) is 11.1. The molecule has 27 heavy (non-hydrogen) atoms. The van der Waals surface area contributed by atoms with Gasteiger partial charge in [0.2, 0.25) is 5.91 Å². The molecular formula is C20H21ClN2O4. The van der Waals surface area contributed by atoms with Crippen molar-refractivity contribution in [2.75, 3.05) is 6.61 Å². The number of rotatable bonds is 9. The zero-order valence-corrected chi connectivity index (χ0v) is 15.7. The largest absolute Gasteiger partial charge is 0.493 e. The normalized spacial score (nSPS) is 14.7. The molecule has 1 aliphatic rings. The monoisotopic (exact) mass is 388 g/mol. The minimum Gasteiger partial charge on any atom is -0.493 e. The van der Waals surface area contributed by atoms with Crippen LogP contribution < -0.4 is 14.8 Å². The summed E-state index contributed by atoms with van der Waals surface area (Å²) < 4.78 is 16.6. The summed E-state index contributed by atoms with van der Waals surface area (Å²) in [5.41, 5.74) is 0. The van der Waals surface area contributed by atoms with E-state index in [1.165, 1.54) is 19.8 Å². The van der Waals surface area contributed by atoms with E-state index in [0.717, 1.165) is 12.4 Å². The van der Waals surface area contributed by atoms with E-state index < -0.39 is 0 Å². The lowest BCUT2D eigenvalue weighted by atomic mass is 10.2. The predicted octanol–water partition coefficient (Wildman–Crippen LogP) is 4.61. The number of nitrogens with one attached hydrogen (secondary N) is 1. The van der Waals surface area contributed by atoms with Crippen LogP contribution in [0.1, 0.15) is 25.5 Å². The Morgan fingerprint density at radius 2 is 2.30 bits per heavy atom. The lowest BCUT2D eigenvalue weighted by Crippen LogP contribution is -2.29. The summed E-state index contributed by atoms with van der Waals surface area (Å²) in [5.74, 6) is 2.46. The van der Waals surface area contributed by atoms with Crippen molar-refractivity contribution >= 4 is 23.6 Å². The summed E-state index contributed by atoms with van der Waals surface area (Å²) >= 11 is 6.26. The number of nitrogens with zero attached hydrogens (tertiary/aromatic N) is 1. The molecule has 1 heterocycles. The Morgan fingerprint density at radius 3 is 2.96 bits per heavy atom. The van der Waals surface area contributed by atoms with Gasteiger partial charge in [0, 0.05) is 19.1 Å². The van der Waals surface area contributed by atoms with Gasteiger partial charge in [-0.05, 0) is 42.1 Å². The van der Waals surface area contributed by atoms with Gasteiger partial charge < -0.3 is 19.3 Å². The highest BCUT2D eigenvalue weighted by Gasteiger charge is 2.22. The van der Waals surface area contributed by atoms with Crippen LogP contribution in [0.4, 0.5) is 0 Å². The molecule has 0 unspecified atom stereocenters. The maximum absolute atomic E-state index is 11.1. The van der Waals surface area contributed by atoms with E-state index in [2.05, 4.69) is 17.1 Å². The fourth-order valence-electron chi connectivity index (χ4n) is 2.28. The van der Waals surface area contributed by atoms with Crippen molar-refractivity contribution in [2.24, 2.45) is 5.92 Å². The molecule has 1 amide bonds. The molecule has 0 bridgehead atoms. The van der Waals surface area contributed by atoms with Crippen molar-refractivity contribution in [3.8, 4) is 17.4 Å². The van der Waals surface area contributed by atoms with Gasteiger partial charge in [0.25, 0.3) is 5.88 Å². The van der Waals surface area contributed by atoms with Crippen LogP contribution in [0.25, 0.3) is 6.08 Å². The third kappa shape index (κ3) is 5.89. The molecule has 3 rings (SSSR count). The van der Waals surface area contributed by atoms with E-state index in [0.29, 0.717) is 22.5 Å². The van der Waals surface area contributed by atoms with Gasteiger partial charge in [0.15, 0.2) is 5.76 Å². The van der Waals surface area contributed by atoms with E-state index >= 15 is 0 Å². The summed E-state index contributed by atoms with van der Waals surface area (Å²) in [6.07, 6.45) is 7.49. The highest BCUT2D eigenvalue weighted by atomic mass is 35.5. The number of ether oxygens (including phenoxy) is 2. The van der Waals surface area contributed by atoms with Gasteiger partial charge in [-0.3, -0.25) is 4.79 Å². The quantitative estimate of drug-likeness (QED) is 0.635. The van der Waals surface area contributed by atoms with E-state index in [-0.39, 0.29) is 17.8 Å². The molecule has 1 fully saturated rings. The Balaban J connectivity index is 1.59. The van der Waals surface area contributed by atoms with E-state index in [4.69, 9.17) is 25.6 Å². The zero-order chi connectivity index (χ0) is 19.2. The third-order valence-corrected chi connectivity index (χ3v) is 4.19. The van der Waals surface area contributed by atoms with E-state index in [1.807, 2.05) is 6.07 Å². The number of hydrogen-bond donors (Lipinski definition) is 1. The molecule has 2 aromatic rings. The van der Waals surface area contributed by atoms with Crippen molar-refractivity contribution in [1.29, 1.82) is 0 Å². The van der Waals surface area contributed by atoms with Gasteiger partial charge in [0.1, 0.15) is 11.5 Å². The highest BCUT2D eigenvalue weighted by Crippen LogP contribution is 2.34. The molecule has 1 aromatic heterocycles. The van der Waals surface area contributed by atoms with Gasteiger partial charge in [-0.2, -0.15) is 0 Å². The second-order valence-corrected chi connectivity index (χ2v) is 6.74. The fraction of sp³-hybridized carbons (Fsp3) is 0.300. The van der Waals surface area contributed by atoms with Crippen LogP contribution >= 0.6 is 11.6 Å². The van der Waals surface area contributed by atoms with Crippen LogP contribution in [-0.4, -0.2) is 23.7 Å². The fourth-order valence-corrected chi connectivity index (χ4v) is 2.49. The second kappa shape index (κ2) is 8.77. The standard InChI is InChI=1S/C20H21ClN2O4/c1-3-15(22-13(2)24)6-7-17-11-20(23-27-17)26-19-9-8-16(10-18(19)21)25-12-14-4-5-14/h3,6-11,14-15H,1,4-5,12H2,2H3,(H,22,24)/b7-6+/t15-/m0/s1. The summed E-state index contributed by atoms with van der Waals surface area (Å²) in [6.45, 7) is 5.83. The van der Waals surface area contributed by atoms with Gasteiger partial charge >= 0.3 is 0 Å². The number of carbonyl (C=O) groups is 1. The SMILES string of the molecule is C=C[C@@H](/C=C/c1cc(Oc2ccc(OCC3CC3)cc2Cl)no1)NC(C)=O. The Hall–Kier alpha value is -2.73. The highest BCUT2D eigenvalue weighted by molar-refractivity contribution is 6.32. The van der Waals surface area contributed by atoms with Crippen molar-refractivity contribution < 1.29 is 18.8 Å². The first-order valence-electron chi connectivity index (χ1n) is 8.68. The number of benzene rings is 1. The van der Waals surface area contributed by atoms with Gasteiger partial charge in [-0.1, -0.05) is 23.8 Å². The number of aromatic nitrogens is 1. The maximum atomic E-state index is 11.1. The number of halogens is 1. The average molecular weight is 389 g/mol. The summed E-state index contributed by atoms with van der Waals surface area (Å²) in [6, 6.07) is 6.60. The smallest absolute Gasteiger partial charge is 0.260 e. The van der Waals surface area contributed by atoms with Crippen molar-refractivity contribution in [3.63, 3.8) is 0 Å². The molecule has 1 atom stereocenters. The predicted molar refractivity (Wildman–Crippen MR) is 103 cm³/mol. The molecular weight excluding hydrogens is 368 g/mol. The van der Waals surface area contributed by atoms with Crippen LogP contribution in [0.15, 0.2) is 47.5 Å². The number of hydrogen-bond acceptors (Lipinski definition) is 5. The molecule has 7 heteroatoms. The van der Waals surface area contributed by atoms with Crippen LogP contribution in [0, 0.1) is 5.92 Å². The average Bonchev–Trinajstić information content (AvgIpc) is 3.37. The topological polar surface area (TPSA) is 73.6 Å². The molecule has 1 N–H and O–H groups in total. The van der Waals surface area contributed by atoms with Crippen LogP contribution in [0.3, 0.4) is 0 Å². The first-order valence-corrected chi connectivity index (χ1v) is 9.06. The number of carbonyl (C=O) groups excluding carboxylic acids is 1. The minimum absolute atomic E-state index is 0.148. The Bertz CT molecular complexity index is 842. The van der Waals surface area contributed by atoms with E-state index in [1.54, 1.807) is 36.4 Å². The Morgan fingerprint density at radius 1 is 1.48 bits per heavy atom. The van der Waals surface area contributed by atoms with Gasteiger partial charge in [-0.25, -0.2) is 0 Å². The molecule has 1 aliphatic carbocycles. The van der Waals surface area contributed by atoms with E-state index in [9.17, 15) is 4.79 Å². The Labute approximate surface area is 162 Å². The van der Waals surface area contributed by atoms with Crippen molar-refractivity contribution in [2.45, 2.75) is 25.8 Å². The molecule has 6 nitrogen and oxygen atoms in total. The van der Waals surface area contributed by atoms with Crippen molar-refractivity contribution in [1.82, 2.24) is 10.5 Å². The summed E-state index contributed by atoms with van der Waals surface area (Å²) in [7, 11) is 0. The third-order valence-electron chi connectivity index (χ3n) is 3.90. The maximum Gasteiger partial charge on any atom is 0.260 e. The molecule has 0 spiro atoms. The number of amides is 1.